The van der Waals surface area contributed by atoms with E-state index in [9.17, 15) is 19.5 Å². The van der Waals surface area contributed by atoms with Crippen molar-refractivity contribution in [2.24, 2.45) is 23.7 Å². The summed E-state index contributed by atoms with van der Waals surface area (Å²) in [5.74, 6) is -2.18. The second-order valence-electron chi connectivity index (χ2n) is 10.4. The molecule has 0 radical (unpaired) electrons. The Hall–Kier alpha value is -1.67. The molecule has 3 fully saturated rings. The van der Waals surface area contributed by atoms with Crippen LogP contribution in [0.1, 0.15) is 61.3 Å². The van der Waals surface area contributed by atoms with Crippen LogP contribution in [-0.4, -0.2) is 70.2 Å². The van der Waals surface area contributed by atoms with Crippen LogP contribution in [0.15, 0.2) is 0 Å². The van der Waals surface area contributed by atoms with Gasteiger partial charge >= 0.3 is 0 Å². The zero-order valence-electron chi connectivity index (χ0n) is 19.9. The van der Waals surface area contributed by atoms with Gasteiger partial charge in [-0.3, -0.25) is 14.4 Å². The Morgan fingerprint density at radius 1 is 1.26 bits per heavy atom. The number of aliphatic hydroxyl groups is 1. The molecule has 3 aliphatic heterocycles. The van der Waals surface area contributed by atoms with E-state index in [1.807, 2.05) is 48.5 Å². The minimum atomic E-state index is -1.07. The third-order valence-corrected chi connectivity index (χ3v) is 7.58. The van der Waals surface area contributed by atoms with Crippen LogP contribution >= 0.6 is 0 Å². The zero-order valence-corrected chi connectivity index (χ0v) is 19.9. The summed E-state index contributed by atoms with van der Waals surface area (Å²) in [7, 11) is 0. The summed E-state index contributed by atoms with van der Waals surface area (Å²) in [6.45, 7) is 13.8. The number of ether oxygens (including phenoxy) is 1. The Labute approximate surface area is 185 Å². The fraction of sp³-hybridized carbons (Fsp3) is 0.870. The van der Waals surface area contributed by atoms with E-state index < -0.39 is 35.1 Å². The molecule has 3 saturated heterocycles. The predicted molar refractivity (Wildman–Crippen MR) is 116 cm³/mol. The standard InChI is InChI=1S/C23H39N3O5/c1-8-9-24-19(28)16-17-21(30)26(15(11-27)12(2)3)18(20(29)25-13(4)5)23(17)10-14(6)22(16,7)31-23/h12-18,27H,8-11H2,1-7H3,(H,24,28)(H,25,29)/t14?,15-,16-,17-,18?,22+,23?/m0/s1. The summed E-state index contributed by atoms with van der Waals surface area (Å²) < 4.78 is 6.62. The molecule has 2 bridgehead atoms. The minimum Gasteiger partial charge on any atom is -0.394 e. The molecule has 3 rings (SSSR count). The van der Waals surface area contributed by atoms with Crippen molar-refractivity contribution < 1.29 is 24.2 Å². The van der Waals surface area contributed by atoms with Gasteiger partial charge in [0.05, 0.1) is 30.1 Å². The third kappa shape index (κ3) is 3.46. The molecule has 8 heteroatoms. The van der Waals surface area contributed by atoms with Crippen molar-refractivity contribution >= 4 is 17.7 Å². The van der Waals surface area contributed by atoms with Crippen LogP contribution in [0, 0.1) is 23.7 Å². The van der Waals surface area contributed by atoms with Crippen LogP contribution in [0.2, 0.25) is 0 Å². The molecule has 3 N–H and O–H groups in total. The highest BCUT2D eigenvalue weighted by Crippen LogP contribution is 2.65. The topological polar surface area (TPSA) is 108 Å². The molecule has 3 amide bonds. The molecular formula is C23H39N3O5. The highest BCUT2D eigenvalue weighted by atomic mass is 16.5. The number of aliphatic hydroxyl groups excluding tert-OH is 1. The number of carbonyl (C=O) groups excluding carboxylic acids is 3. The van der Waals surface area contributed by atoms with Crippen LogP contribution in [0.5, 0.6) is 0 Å². The molecule has 0 aromatic heterocycles. The molecule has 3 aliphatic rings. The van der Waals surface area contributed by atoms with Gasteiger partial charge in [0.15, 0.2) is 0 Å². The Kier molecular flexibility index (Phi) is 6.46. The van der Waals surface area contributed by atoms with Gasteiger partial charge in [-0.05, 0) is 45.4 Å². The Bertz CT molecular complexity index is 741. The van der Waals surface area contributed by atoms with E-state index in [0.717, 1.165) is 6.42 Å². The summed E-state index contributed by atoms with van der Waals surface area (Å²) in [5.41, 5.74) is -1.88. The van der Waals surface area contributed by atoms with E-state index in [1.165, 1.54) is 4.90 Å². The van der Waals surface area contributed by atoms with Crippen LogP contribution in [0.25, 0.3) is 0 Å². The van der Waals surface area contributed by atoms with Gasteiger partial charge in [-0.25, -0.2) is 0 Å². The van der Waals surface area contributed by atoms with E-state index in [4.69, 9.17) is 4.74 Å². The van der Waals surface area contributed by atoms with Crippen molar-refractivity contribution in [3.05, 3.63) is 0 Å². The monoisotopic (exact) mass is 437 g/mol. The lowest BCUT2D eigenvalue weighted by atomic mass is 9.62. The first-order valence-corrected chi connectivity index (χ1v) is 11.7. The Morgan fingerprint density at radius 3 is 2.42 bits per heavy atom. The average molecular weight is 438 g/mol. The second kappa shape index (κ2) is 8.35. The lowest BCUT2D eigenvalue weighted by Gasteiger charge is -2.38. The maximum atomic E-state index is 13.9. The number of carbonyl (C=O) groups is 3. The van der Waals surface area contributed by atoms with E-state index in [1.54, 1.807) is 0 Å². The van der Waals surface area contributed by atoms with E-state index in [-0.39, 0.29) is 42.2 Å². The van der Waals surface area contributed by atoms with Crippen LogP contribution in [0.4, 0.5) is 0 Å². The fourth-order valence-electron chi connectivity index (χ4n) is 6.08. The molecule has 3 unspecified atom stereocenters. The maximum absolute atomic E-state index is 13.9. The molecule has 8 nitrogen and oxygen atoms in total. The Morgan fingerprint density at radius 2 is 1.90 bits per heavy atom. The van der Waals surface area contributed by atoms with Crippen molar-refractivity contribution in [2.45, 2.75) is 90.6 Å². The average Bonchev–Trinajstić information content (AvgIpc) is 3.17. The summed E-state index contributed by atoms with van der Waals surface area (Å²) in [5, 5.41) is 16.0. The number of hydrogen-bond donors (Lipinski definition) is 3. The second-order valence-corrected chi connectivity index (χ2v) is 10.4. The number of rotatable bonds is 8. The molecule has 0 aromatic carbocycles. The quantitative estimate of drug-likeness (QED) is 0.526. The molecule has 0 saturated carbocycles. The normalized spacial score (nSPS) is 37.5. The van der Waals surface area contributed by atoms with Gasteiger partial charge in [0.25, 0.3) is 0 Å². The lowest BCUT2D eigenvalue weighted by Crippen LogP contribution is -2.59. The largest absolute Gasteiger partial charge is 0.394 e. The first-order chi connectivity index (χ1) is 14.5. The van der Waals surface area contributed by atoms with Gasteiger partial charge in [-0.1, -0.05) is 27.7 Å². The molecule has 176 valence electrons. The van der Waals surface area contributed by atoms with E-state index >= 15 is 0 Å². The summed E-state index contributed by atoms with van der Waals surface area (Å²) >= 11 is 0. The minimum absolute atomic E-state index is 0.00912. The molecule has 0 aliphatic carbocycles. The third-order valence-electron chi connectivity index (χ3n) is 7.58. The first-order valence-electron chi connectivity index (χ1n) is 11.7. The highest BCUT2D eigenvalue weighted by molar-refractivity contribution is 5.99. The summed E-state index contributed by atoms with van der Waals surface area (Å²) in [6, 6.07) is -1.51. The van der Waals surface area contributed by atoms with Crippen molar-refractivity contribution in [1.29, 1.82) is 0 Å². The number of nitrogens with zero attached hydrogens (tertiary/aromatic N) is 1. The van der Waals surface area contributed by atoms with E-state index in [0.29, 0.717) is 13.0 Å². The maximum Gasteiger partial charge on any atom is 0.246 e. The van der Waals surface area contributed by atoms with Gasteiger partial charge in [0.2, 0.25) is 17.7 Å². The predicted octanol–water partition coefficient (Wildman–Crippen LogP) is 1.06. The van der Waals surface area contributed by atoms with Gasteiger partial charge < -0.3 is 25.4 Å². The van der Waals surface area contributed by atoms with Crippen molar-refractivity contribution in [2.75, 3.05) is 13.2 Å². The van der Waals surface area contributed by atoms with Gasteiger partial charge in [0, 0.05) is 12.6 Å². The molecule has 1 spiro atoms. The van der Waals surface area contributed by atoms with Crippen LogP contribution in [0.3, 0.4) is 0 Å². The Balaban J connectivity index is 2.12. The van der Waals surface area contributed by atoms with Gasteiger partial charge in [-0.2, -0.15) is 0 Å². The van der Waals surface area contributed by atoms with Crippen molar-refractivity contribution in [3.63, 3.8) is 0 Å². The highest BCUT2D eigenvalue weighted by Gasteiger charge is 2.80. The number of hydrogen-bond acceptors (Lipinski definition) is 5. The van der Waals surface area contributed by atoms with Crippen molar-refractivity contribution in [3.8, 4) is 0 Å². The van der Waals surface area contributed by atoms with Crippen molar-refractivity contribution in [1.82, 2.24) is 15.5 Å². The van der Waals surface area contributed by atoms with Gasteiger partial charge in [0.1, 0.15) is 11.6 Å². The molecule has 7 atom stereocenters. The SMILES string of the molecule is CCCNC(=O)[C@@H]1[C@H]2C(=O)N([C@@H](CO)C(C)C)C(C(=O)NC(C)C)C23CC(C)[C@@]1(C)O3. The lowest BCUT2D eigenvalue weighted by molar-refractivity contribution is -0.152. The van der Waals surface area contributed by atoms with Gasteiger partial charge in [-0.15, -0.1) is 0 Å². The number of likely N-dealkylation sites (tertiary alicyclic amines) is 1. The summed E-state index contributed by atoms with van der Waals surface area (Å²) in [4.78, 5) is 42.1. The molecule has 31 heavy (non-hydrogen) atoms. The van der Waals surface area contributed by atoms with Crippen LogP contribution in [-0.2, 0) is 19.1 Å². The van der Waals surface area contributed by atoms with E-state index in [2.05, 4.69) is 10.6 Å². The smallest absolute Gasteiger partial charge is 0.246 e. The number of fused-ring (bicyclic) bond motifs is 1. The summed E-state index contributed by atoms with van der Waals surface area (Å²) in [6.07, 6.45) is 1.32. The van der Waals surface area contributed by atoms with Crippen LogP contribution < -0.4 is 10.6 Å². The fourth-order valence-corrected chi connectivity index (χ4v) is 6.08. The number of nitrogens with one attached hydrogen (secondary N) is 2. The first kappa shape index (κ1) is 24.0. The molecular weight excluding hydrogens is 398 g/mol. The molecule has 3 heterocycles. The molecule has 0 aromatic rings. The zero-order chi connectivity index (χ0) is 23.3. The number of amides is 3.